The Morgan fingerprint density at radius 3 is 2.72 bits per heavy atom. The normalized spacial score (nSPS) is 14.6. The lowest BCUT2D eigenvalue weighted by atomic mass is 9.98. The molecule has 0 saturated carbocycles. The molecule has 1 heterocycles. The molecule has 1 aliphatic rings. The zero-order valence-electron chi connectivity index (χ0n) is 15.2. The van der Waals surface area contributed by atoms with E-state index in [1.54, 1.807) is 7.11 Å². The molecular weight excluding hydrogens is 312 g/mol. The van der Waals surface area contributed by atoms with Gasteiger partial charge in [0.05, 0.1) is 7.11 Å². The number of amides is 1. The molecule has 25 heavy (non-hydrogen) atoms. The second-order valence-corrected chi connectivity index (χ2v) is 6.67. The standard InChI is InChI=1S/C21H26N2O2/c1-15-6-11-20-18(13-15)5-4-12-23(20)16(2)21(24)22-14-17-7-9-19(25-3)10-8-17/h6-11,13,16H,4-5,12,14H2,1-3H3,(H,22,24)/t16-/m0/s1. The number of hydrogen-bond acceptors (Lipinski definition) is 3. The number of aryl methyl sites for hydroxylation is 2. The van der Waals surface area contributed by atoms with Crippen LogP contribution in [0.5, 0.6) is 5.75 Å². The molecule has 132 valence electrons. The lowest BCUT2D eigenvalue weighted by molar-refractivity contribution is -0.122. The molecule has 0 aromatic heterocycles. The number of carbonyl (C=O) groups is 1. The van der Waals surface area contributed by atoms with E-state index in [0.29, 0.717) is 6.54 Å². The Morgan fingerprint density at radius 1 is 1.24 bits per heavy atom. The fraction of sp³-hybridized carbons (Fsp3) is 0.381. The van der Waals surface area contributed by atoms with Crippen LogP contribution in [0.15, 0.2) is 42.5 Å². The first-order chi connectivity index (χ1) is 12.1. The molecule has 1 N–H and O–H groups in total. The number of carbonyl (C=O) groups excluding carboxylic acids is 1. The highest BCUT2D eigenvalue weighted by Crippen LogP contribution is 2.29. The van der Waals surface area contributed by atoms with Gasteiger partial charge in [0.15, 0.2) is 0 Å². The summed E-state index contributed by atoms with van der Waals surface area (Å²) in [5, 5.41) is 3.05. The van der Waals surface area contributed by atoms with Crippen LogP contribution in [-0.2, 0) is 17.8 Å². The minimum absolute atomic E-state index is 0.0595. The summed E-state index contributed by atoms with van der Waals surface area (Å²) in [6, 6.07) is 14.1. The number of methoxy groups -OCH3 is 1. The monoisotopic (exact) mass is 338 g/mol. The minimum atomic E-state index is -0.181. The lowest BCUT2D eigenvalue weighted by Gasteiger charge is -2.35. The van der Waals surface area contributed by atoms with Crippen LogP contribution >= 0.6 is 0 Å². The second-order valence-electron chi connectivity index (χ2n) is 6.67. The van der Waals surface area contributed by atoms with E-state index in [1.165, 1.54) is 16.8 Å². The van der Waals surface area contributed by atoms with Crippen LogP contribution in [0.2, 0.25) is 0 Å². The smallest absolute Gasteiger partial charge is 0.242 e. The molecule has 2 aromatic rings. The largest absolute Gasteiger partial charge is 0.497 e. The molecule has 4 heteroatoms. The van der Waals surface area contributed by atoms with Crippen LogP contribution < -0.4 is 15.0 Å². The minimum Gasteiger partial charge on any atom is -0.497 e. The summed E-state index contributed by atoms with van der Waals surface area (Å²) in [4.78, 5) is 14.9. The molecule has 0 spiro atoms. The highest BCUT2D eigenvalue weighted by Gasteiger charge is 2.25. The van der Waals surface area contributed by atoms with Crippen molar-refractivity contribution in [1.82, 2.24) is 5.32 Å². The zero-order chi connectivity index (χ0) is 17.8. The van der Waals surface area contributed by atoms with Gasteiger partial charge in [-0.2, -0.15) is 0 Å². The Morgan fingerprint density at radius 2 is 2.00 bits per heavy atom. The van der Waals surface area contributed by atoms with Crippen molar-refractivity contribution in [1.29, 1.82) is 0 Å². The maximum Gasteiger partial charge on any atom is 0.242 e. The summed E-state index contributed by atoms with van der Waals surface area (Å²) in [6.07, 6.45) is 2.18. The van der Waals surface area contributed by atoms with Gasteiger partial charge in [0, 0.05) is 18.8 Å². The molecule has 0 bridgehead atoms. The van der Waals surface area contributed by atoms with Crippen molar-refractivity contribution >= 4 is 11.6 Å². The van der Waals surface area contributed by atoms with Crippen LogP contribution in [-0.4, -0.2) is 25.6 Å². The van der Waals surface area contributed by atoms with Crippen molar-refractivity contribution in [3.63, 3.8) is 0 Å². The maximum atomic E-state index is 12.6. The fourth-order valence-corrected chi connectivity index (χ4v) is 3.38. The Hall–Kier alpha value is -2.49. The van der Waals surface area contributed by atoms with E-state index >= 15 is 0 Å². The van der Waals surface area contributed by atoms with E-state index < -0.39 is 0 Å². The van der Waals surface area contributed by atoms with E-state index in [-0.39, 0.29) is 11.9 Å². The Labute approximate surface area is 149 Å². The molecule has 0 radical (unpaired) electrons. The molecule has 0 aliphatic carbocycles. The van der Waals surface area contributed by atoms with E-state index in [2.05, 4.69) is 35.3 Å². The topological polar surface area (TPSA) is 41.6 Å². The van der Waals surface area contributed by atoms with Crippen LogP contribution in [0.25, 0.3) is 0 Å². The van der Waals surface area contributed by atoms with Gasteiger partial charge >= 0.3 is 0 Å². The summed E-state index contributed by atoms with van der Waals surface area (Å²) in [5.74, 6) is 0.882. The van der Waals surface area contributed by atoms with Gasteiger partial charge in [-0.3, -0.25) is 4.79 Å². The Bertz CT molecular complexity index is 740. The number of hydrogen-bond donors (Lipinski definition) is 1. The van der Waals surface area contributed by atoms with E-state index in [9.17, 15) is 4.79 Å². The first-order valence-corrected chi connectivity index (χ1v) is 8.85. The highest BCUT2D eigenvalue weighted by atomic mass is 16.5. The Balaban J connectivity index is 1.64. The number of anilines is 1. The Kier molecular flexibility index (Phi) is 5.27. The van der Waals surface area contributed by atoms with E-state index in [4.69, 9.17) is 4.74 Å². The van der Waals surface area contributed by atoms with Crippen molar-refractivity contribution < 1.29 is 9.53 Å². The average Bonchev–Trinajstić information content (AvgIpc) is 2.65. The van der Waals surface area contributed by atoms with Gasteiger partial charge in [0.1, 0.15) is 11.8 Å². The van der Waals surface area contributed by atoms with Crippen LogP contribution in [0, 0.1) is 6.92 Å². The van der Waals surface area contributed by atoms with Crippen LogP contribution in [0.3, 0.4) is 0 Å². The van der Waals surface area contributed by atoms with Gasteiger partial charge in [-0.05, 0) is 56.0 Å². The first kappa shape index (κ1) is 17.3. The zero-order valence-corrected chi connectivity index (χ0v) is 15.2. The van der Waals surface area contributed by atoms with Crippen LogP contribution in [0.4, 0.5) is 5.69 Å². The fourth-order valence-electron chi connectivity index (χ4n) is 3.38. The molecule has 3 rings (SSSR count). The third kappa shape index (κ3) is 3.95. The third-order valence-corrected chi connectivity index (χ3v) is 4.86. The molecule has 0 saturated heterocycles. The summed E-state index contributed by atoms with van der Waals surface area (Å²) in [7, 11) is 1.65. The number of ether oxygens (including phenoxy) is 1. The van der Waals surface area contributed by atoms with Gasteiger partial charge < -0.3 is 15.0 Å². The van der Waals surface area contributed by atoms with Crippen molar-refractivity contribution in [2.75, 3.05) is 18.6 Å². The molecule has 1 amide bonds. The predicted molar refractivity (Wildman–Crippen MR) is 101 cm³/mol. The molecule has 4 nitrogen and oxygen atoms in total. The number of nitrogens with one attached hydrogen (secondary N) is 1. The van der Waals surface area contributed by atoms with E-state index in [0.717, 1.165) is 30.7 Å². The summed E-state index contributed by atoms with van der Waals surface area (Å²) in [6.45, 7) is 5.55. The number of fused-ring (bicyclic) bond motifs is 1. The van der Waals surface area contributed by atoms with Crippen molar-refractivity contribution in [2.24, 2.45) is 0 Å². The van der Waals surface area contributed by atoms with Gasteiger partial charge in [-0.1, -0.05) is 29.8 Å². The van der Waals surface area contributed by atoms with Gasteiger partial charge in [0.25, 0.3) is 0 Å². The SMILES string of the molecule is COc1ccc(CNC(=O)[C@H](C)N2CCCc3cc(C)ccc32)cc1. The van der Waals surface area contributed by atoms with Crippen LogP contribution in [0.1, 0.15) is 30.0 Å². The average molecular weight is 338 g/mol. The summed E-state index contributed by atoms with van der Waals surface area (Å²) < 4.78 is 5.16. The van der Waals surface area contributed by atoms with Gasteiger partial charge in [-0.25, -0.2) is 0 Å². The molecule has 0 unspecified atom stereocenters. The van der Waals surface area contributed by atoms with Gasteiger partial charge in [0.2, 0.25) is 5.91 Å². The quantitative estimate of drug-likeness (QED) is 0.908. The van der Waals surface area contributed by atoms with Crippen molar-refractivity contribution in [3.8, 4) is 5.75 Å². The maximum absolute atomic E-state index is 12.6. The molecule has 0 fully saturated rings. The molecular formula is C21H26N2O2. The predicted octanol–water partition coefficient (Wildman–Crippen LogP) is 3.46. The number of benzene rings is 2. The first-order valence-electron chi connectivity index (χ1n) is 8.85. The lowest BCUT2D eigenvalue weighted by Crippen LogP contribution is -2.47. The summed E-state index contributed by atoms with van der Waals surface area (Å²) >= 11 is 0. The second kappa shape index (κ2) is 7.60. The number of nitrogens with zero attached hydrogens (tertiary/aromatic N) is 1. The van der Waals surface area contributed by atoms with Gasteiger partial charge in [-0.15, -0.1) is 0 Å². The third-order valence-electron chi connectivity index (χ3n) is 4.86. The highest BCUT2D eigenvalue weighted by molar-refractivity contribution is 5.85. The molecule has 1 aliphatic heterocycles. The summed E-state index contributed by atoms with van der Waals surface area (Å²) in [5.41, 5.74) is 4.89. The van der Waals surface area contributed by atoms with Crippen molar-refractivity contribution in [2.45, 2.75) is 39.3 Å². The van der Waals surface area contributed by atoms with E-state index in [1.807, 2.05) is 31.2 Å². The van der Waals surface area contributed by atoms with Crippen molar-refractivity contribution in [3.05, 3.63) is 59.2 Å². The molecule has 2 aromatic carbocycles. The number of rotatable bonds is 5. The molecule has 1 atom stereocenters.